The Morgan fingerprint density at radius 2 is 1.88 bits per heavy atom. The number of hydrogen-bond acceptors (Lipinski definition) is 3. The lowest BCUT2D eigenvalue weighted by Crippen LogP contribution is -2.03. The van der Waals surface area contributed by atoms with Crippen molar-refractivity contribution in [1.82, 2.24) is 0 Å². The predicted molar refractivity (Wildman–Crippen MR) is 59.1 cm³/mol. The first-order chi connectivity index (χ1) is 8.13. The first-order valence-corrected chi connectivity index (χ1v) is 5.14. The Bertz CT molecular complexity index is 608. The van der Waals surface area contributed by atoms with E-state index in [2.05, 4.69) is 0 Å². The van der Waals surface area contributed by atoms with Gasteiger partial charge in [0.25, 0.3) is 0 Å². The minimum Gasteiger partial charge on any atom is -0.508 e. The zero-order chi connectivity index (χ0) is 12.0. The van der Waals surface area contributed by atoms with Crippen LogP contribution >= 0.6 is 0 Å². The van der Waals surface area contributed by atoms with Crippen LogP contribution in [0.3, 0.4) is 0 Å². The standard InChI is InChI=1S/C13H9FO3/c14-9-2-1-7-3-8-4-10(15)6-11(16)13(8)17-12(7)5-9/h1-2,4-6,15-16H,3H2. The summed E-state index contributed by atoms with van der Waals surface area (Å²) in [5, 5.41) is 19.0. The van der Waals surface area contributed by atoms with Crippen LogP contribution in [0, 0.1) is 5.82 Å². The van der Waals surface area contributed by atoms with Crippen LogP contribution in [0.5, 0.6) is 23.0 Å². The summed E-state index contributed by atoms with van der Waals surface area (Å²) in [6.07, 6.45) is 0.493. The number of phenols is 2. The molecular formula is C13H9FO3. The summed E-state index contributed by atoms with van der Waals surface area (Å²) in [6.45, 7) is 0. The Morgan fingerprint density at radius 3 is 2.71 bits per heavy atom. The van der Waals surface area contributed by atoms with Crippen LogP contribution in [0.4, 0.5) is 4.39 Å². The third kappa shape index (κ3) is 1.58. The number of hydrogen-bond donors (Lipinski definition) is 2. The number of ether oxygens (including phenoxy) is 1. The van der Waals surface area contributed by atoms with E-state index in [0.29, 0.717) is 17.7 Å². The monoisotopic (exact) mass is 232 g/mol. The van der Waals surface area contributed by atoms with Gasteiger partial charge in [-0.05, 0) is 17.7 Å². The van der Waals surface area contributed by atoms with Crippen molar-refractivity contribution in [1.29, 1.82) is 0 Å². The fourth-order valence-electron chi connectivity index (χ4n) is 1.99. The van der Waals surface area contributed by atoms with E-state index in [1.165, 1.54) is 24.3 Å². The number of phenolic OH excluding ortho intramolecular Hbond substituents is 2. The molecule has 1 aliphatic heterocycles. The van der Waals surface area contributed by atoms with Crippen molar-refractivity contribution in [2.45, 2.75) is 6.42 Å². The van der Waals surface area contributed by atoms with Crippen LogP contribution in [0.25, 0.3) is 0 Å². The molecule has 0 bridgehead atoms. The summed E-state index contributed by atoms with van der Waals surface area (Å²) in [5.74, 6) is 0.134. The minimum atomic E-state index is -0.384. The van der Waals surface area contributed by atoms with Crippen LogP contribution in [0.2, 0.25) is 0 Å². The molecule has 0 fully saturated rings. The molecule has 1 aliphatic rings. The van der Waals surface area contributed by atoms with Gasteiger partial charge < -0.3 is 14.9 Å². The molecule has 0 aliphatic carbocycles. The number of aromatic hydroxyl groups is 2. The fraction of sp³-hybridized carbons (Fsp3) is 0.0769. The lowest BCUT2D eigenvalue weighted by Gasteiger charge is -2.21. The molecule has 3 nitrogen and oxygen atoms in total. The number of rotatable bonds is 0. The van der Waals surface area contributed by atoms with Gasteiger partial charge in [0.15, 0.2) is 11.5 Å². The van der Waals surface area contributed by atoms with Crippen LogP contribution < -0.4 is 4.74 Å². The van der Waals surface area contributed by atoms with Crippen LogP contribution in [0.15, 0.2) is 30.3 Å². The van der Waals surface area contributed by atoms with Gasteiger partial charge in [0.1, 0.15) is 17.3 Å². The minimum absolute atomic E-state index is 0.0181. The quantitative estimate of drug-likeness (QED) is 0.626. The molecule has 0 saturated heterocycles. The smallest absolute Gasteiger partial charge is 0.172 e. The largest absolute Gasteiger partial charge is 0.508 e. The molecule has 0 aromatic heterocycles. The molecule has 0 unspecified atom stereocenters. The Balaban J connectivity index is 2.14. The molecule has 86 valence electrons. The maximum absolute atomic E-state index is 13.1. The van der Waals surface area contributed by atoms with E-state index in [-0.39, 0.29) is 23.1 Å². The van der Waals surface area contributed by atoms with Crippen molar-refractivity contribution in [2.75, 3.05) is 0 Å². The highest BCUT2D eigenvalue weighted by atomic mass is 19.1. The first-order valence-electron chi connectivity index (χ1n) is 5.14. The van der Waals surface area contributed by atoms with E-state index < -0.39 is 0 Å². The highest BCUT2D eigenvalue weighted by Gasteiger charge is 2.21. The van der Waals surface area contributed by atoms with Crippen molar-refractivity contribution in [3.63, 3.8) is 0 Å². The van der Waals surface area contributed by atoms with E-state index in [1.54, 1.807) is 6.07 Å². The number of halogens is 1. The summed E-state index contributed by atoms with van der Waals surface area (Å²) >= 11 is 0. The Kier molecular flexibility index (Phi) is 1.98. The van der Waals surface area contributed by atoms with Gasteiger partial charge in [-0.3, -0.25) is 0 Å². The molecule has 17 heavy (non-hydrogen) atoms. The van der Waals surface area contributed by atoms with E-state index in [9.17, 15) is 14.6 Å². The summed E-state index contributed by atoms with van der Waals surface area (Å²) in [7, 11) is 0. The van der Waals surface area contributed by atoms with Gasteiger partial charge in [-0.1, -0.05) is 6.07 Å². The second kappa shape index (κ2) is 3.38. The predicted octanol–water partition coefficient (Wildman–Crippen LogP) is 2.93. The summed E-state index contributed by atoms with van der Waals surface area (Å²) in [5.41, 5.74) is 1.51. The molecule has 2 aromatic carbocycles. The number of benzene rings is 2. The summed E-state index contributed by atoms with van der Waals surface area (Å²) in [6, 6.07) is 7.00. The van der Waals surface area contributed by atoms with Crippen LogP contribution in [0.1, 0.15) is 11.1 Å². The summed E-state index contributed by atoms with van der Waals surface area (Å²) < 4.78 is 18.5. The highest BCUT2D eigenvalue weighted by molar-refractivity contribution is 5.58. The van der Waals surface area contributed by atoms with Gasteiger partial charge in [-0.2, -0.15) is 0 Å². The lowest BCUT2D eigenvalue weighted by atomic mass is 9.99. The topological polar surface area (TPSA) is 49.7 Å². The molecule has 0 spiro atoms. The third-order valence-electron chi connectivity index (χ3n) is 2.75. The van der Waals surface area contributed by atoms with Gasteiger partial charge >= 0.3 is 0 Å². The van der Waals surface area contributed by atoms with Crippen molar-refractivity contribution in [2.24, 2.45) is 0 Å². The molecule has 0 amide bonds. The van der Waals surface area contributed by atoms with E-state index in [4.69, 9.17) is 4.74 Å². The maximum atomic E-state index is 13.1. The SMILES string of the molecule is Oc1cc(O)c2c(c1)Cc1ccc(F)cc1O2. The molecule has 2 N–H and O–H groups in total. The van der Waals surface area contributed by atoms with Gasteiger partial charge in [-0.15, -0.1) is 0 Å². The molecule has 1 heterocycles. The van der Waals surface area contributed by atoms with Gasteiger partial charge in [0.05, 0.1) is 0 Å². The molecule has 3 rings (SSSR count). The second-order valence-electron chi connectivity index (χ2n) is 3.98. The molecule has 2 aromatic rings. The van der Waals surface area contributed by atoms with Crippen LogP contribution in [-0.2, 0) is 6.42 Å². The lowest BCUT2D eigenvalue weighted by molar-refractivity contribution is 0.390. The molecular weight excluding hydrogens is 223 g/mol. The number of fused-ring (bicyclic) bond motifs is 2. The zero-order valence-corrected chi connectivity index (χ0v) is 8.77. The van der Waals surface area contributed by atoms with Crippen molar-refractivity contribution in [3.05, 3.63) is 47.3 Å². The molecule has 0 radical (unpaired) electrons. The maximum Gasteiger partial charge on any atom is 0.172 e. The van der Waals surface area contributed by atoms with Crippen molar-refractivity contribution < 1.29 is 19.3 Å². The average Bonchev–Trinajstić information content (AvgIpc) is 2.27. The van der Waals surface area contributed by atoms with Gasteiger partial charge in [0, 0.05) is 24.1 Å². The Hall–Kier alpha value is -2.23. The second-order valence-corrected chi connectivity index (χ2v) is 3.98. The van der Waals surface area contributed by atoms with Crippen LogP contribution in [-0.4, -0.2) is 10.2 Å². The highest BCUT2D eigenvalue weighted by Crippen LogP contribution is 2.43. The normalized spacial score (nSPS) is 12.5. The Labute approximate surface area is 96.7 Å². The van der Waals surface area contributed by atoms with Crippen molar-refractivity contribution in [3.8, 4) is 23.0 Å². The molecule has 4 heteroatoms. The van der Waals surface area contributed by atoms with Gasteiger partial charge in [-0.25, -0.2) is 4.39 Å². The van der Waals surface area contributed by atoms with E-state index in [1.807, 2.05) is 0 Å². The Morgan fingerprint density at radius 1 is 1.06 bits per heavy atom. The third-order valence-corrected chi connectivity index (χ3v) is 2.75. The summed E-state index contributed by atoms with van der Waals surface area (Å²) in [4.78, 5) is 0. The van der Waals surface area contributed by atoms with E-state index >= 15 is 0 Å². The zero-order valence-electron chi connectivity index (χ0n) is 8.77. The first kappa shape index (κ1) is 9.96. The van der Waals surface area contributed by atoms with Crippen molar-refractivity contribution >= 4 is 0 Å². The van der Waals surface area contributed by atoms with Gasteiger partial charge in [0.2, 0.25) is 0 Å². The molecule has 0 atom stereocenters. The van der Waals surface area contributed by atoms with E-state index in [0.717, 1.165) is 5.56 Å². The fourth-order valence-corrected chi connectivity index (χ4v) is 1.99. The molecule has 0 saturated carbocycles. The average molecular weight is 232 g/mol.